The third-order valence-corrected chi connectivity index (χ3v) is 5.84. The van der Waals surface area contributed by atoms with E-state index in [4.69, 9.17) is 9.90 Å². The predicted molar refractivity (Wildman–Crippen MR) is 119 cm³/mol. The quantitative estimate of drug-likeness (QED) is 0.412. The van der Waals surface area contributed by atoms with Crippen molar-refractivity contribution in [1.29, 1.82) is 0 Å². The molecule has 2 aliphatic rings. The normalized spacial score (nSPS) is 13.7. The van der Waals surface area contributed by atoms with Crippen LogP contribution >= 0.6 is 31.9 Å². The molecule has 0 amide bonds. The molecule has 0 unspecified atom stereocenters. The number of aliphatic carboxylic acids is 1. The maximum absolute atomic E-state index is 10.6. The molecule has 4 rings (SSSR count). The van der Waals surface area contributed by atoms with Crippen molar-refractivity contribution in [1.82, 2.24) is 0 Å². The molecule has 0 radical (unpaired) electrons. The number of carbonyl (C=O) groups is 1. The summed E-state index contributed by atoms with van der Waals surface area (Å²) in [7, 11) is 0. The topological polar surface area (TPSA) is 115 Å². The number of rotatable bonds is 4. The van der Waals surface area contributed by atoms with E-state index in [0.717, 1.165) is 41.1 Å². The fourth-order valence-corrected chi connectivity index (χ4v) is 4.42. The number of anilines is 1. The van der Waals surface area contributed by atoms with Crippen LogP contribution in [-0.2, 0) is 11.2 Å². The molecule has 2 aromatic rings. The highest BCUT2D eigenvalue weighted by molar-refractivity contribution is 9.11. The monoisotopic (exact) mass is 577 g/mol. The number of nitrogens with zero attached hydrogens (tertiary/aromatic N) is 2. The number of carboxylic acid groups (broad SMARTS) is 1. The van der Waals surface area contributed by atoms with Crippen molar-refractivity contribution in [2.45, 2.75) is 19.0 Å². The molecule has 0 saturated carbocycles. The molecule has 0 saturated heterocycles. The van der Waals surface area contributed by atoms with E-state index in [1.165, 1.54) is 0 Å². The first kappa shape index (κ1) is 24.1. The molecule has 170 valence electrons. The van der Waals surface area contributed by atoms with Crippen molar-refractivity contribution in [2.24, 2.45) is 9.98 Å². The Morgan fingerprint density at radius 3 is 2.34 bits per heavy atom. The van der Waals surface area contributed by atoms with E-state index in [0.29, 0.717) is 26.9 Å². The van der Waals surface area contributed by atoms with Crippen molar-refractivity contribution < 1.29 is 33.3 Å². The summed E-state index contributed by atoms with van der Waals surface area (Å²) < 4.78 is 33.0. The summed E-state index contributed by atoms with van der Waals surface area (Å²) in [5, 5.41) is 32.6. The first-order valence-electron chi connectivity index (χ1n) is 9.17. The van der Waals surface area contributed by atoms with E-state index in [-0.39, 0.29) is 11.5 Å². The maximum Gasteiger partial charge on any atom is 0.490 e. The van der Waals surface area contributed by atoms with Crippen molar-refractivity contribution >= 4 is 61.0 Å². The van der Waals surface area contributed by atoms with Crippen molar-refractivity contribution in [3.05, 3.63) is 43.3 Å². The summed E-state index contributed by atoms with van der Waals surface area (Å²) in [6.45, 7) is 1.39. The number of hydrogen-bond donors (Lipinski definition) is 4. The van der Waals surface area contributed by atoms with Gasteiger partial charge in [0.05, 0.1) is 20.0 Å². The molecule has 0 bridgehead atoms. The number of carboxylic acids is 1. The second-order valence-electron chi connectivity index (χ2n) is 6.82. The van der Waals surface area contributed by atoms with Gasteiger partial charge in [-0.3, -0.25) is 9.98 Å². The summed E-state index contributed by atoms with van der Waals surface area (Å²) in [5.41, 5.74) is 3.48. The lowest BCUT2D eigenvalue weighted by Crippen LogP contribution is -2.30. The largest absolute Gasteiger partial charge is 0.506 e. The summed E-state index contributed by atoms with van der Waals surface area (Å²) >= 11 is 6.68. The molecule has 32 heavy (non-hydrogen) atoms. The Morgan fingerprint density at radius 2 is 1.75 bits per heavy atom. The van der Waals surface area contributed by atoms with Crippen LogP contribution in [0.15, 0.2) is 37.1 Å². The number of phenolic OH excluding ortho intramolecular Hbond substituents is 2. The molecule has 0 atom stereocenters. The number of nitrogens with one attached hydrogen (secondary N) is 1. The highest BCUT2D eigenvalue weighted by Gasteiger charge is 2.38. The fraction of sp³-hybridized carbons (Fsp3) is 0.250. The minimum atomic E-state index is -5.08. The number of aliphatic imine (C=N–C) groups is 1. The van der Waals surface area contributed by atoms with Crippen molar-refractivity contribution in [3.63, 3.8) is 0 Å². The Hall–Kier alpha value is -2.60. The lowest BCUT2D eigenvalue weighted by molar-refractivity contribution is -0.192. The van der Waals surface area contributed by atoms with Crippen LogP contribution in [0.1, 0.15) is 12.0 Å². The maximum atomic E-state index is 10.6. The lowest BCUT2D eigenvalue weighted by Gasteiger charge is -2.12. The second-order valence-corrected chi connectivity index (χ2v) is 8.53. The number of halogens is 5. The van der Waals surface area contributed by atoms with Gasteiger partial charge >= 0.3 is 12.1 Å². The van der Waals surface area contributed by atoms with Gasteiger partial charge in [-0.15, -0.1) is 0 Å². The van der Waals surface area contributed by atoms with Gasteiger partial charge in [-0.1, -0.05) is 0 Å². The average Bonchev–Trinajstić information content (AvgIpc) is 3.15. The van der Waals surface area contributed by atoms with E-state index < -0.39 is 12.1 Å². The zero-order chi connectivity index (χ0) is 23.6. The van der Waals surface area contributed by atoms with E-state index >= 15 is 0 Å². The van der Waals surface area contributed by atoms with Gasteiger partial charge in [0.1, 0.15) is 11.4 Å². The molecule has 0 fully saturated rings. The fourth-order valence-electron chi connectivity index (χ4n) is 3.14. The molecule has 7 nitrogen and oxygen atoms in total. The van der Waals surface area contributed by atoms with Crippen LogP contribution in [0.25, 0.3) is 5.57 Å². The Kier molecular flexibility index (Phi) is 7.13. The van der Waals surface area contributed by atoms with Crippen molar-refractivity contribution in [2.75, 3.05) is 18.4 Å². The van der Waals surface area contributed by atoms with E-state index in [2.05, 4.69) is 47.2 Å². The number of phenols is 2. The molecule has 2 aliphatic heterocycles. The van der Waals surface area contributed by atoms with Crippen LogP contribution in [0.2, 0.25) is 0 Å². The summed E-state index contributed by atoms with van der Waals surface area (Å²) in [6, 6.07) is 5.66. The van der Waals surface area contributed by atoms with Gasteiger partial charge in [-0.2, -0.15) is 13.2 Å². The standard InChI is InChI=1S/C18H15Br2N3O2.C2HF3O2/c19-11-5-9(6-12(20)17(11)24)1-3-22-14-7-13-15-10(2-4-21-13)8-23-16(15)18(14)25;3-2(4,5)1(6)7/h5-8,22,24-25H,1-4H2;(H,6,7). The Balaban J connectivity index is 0.000000360. The first-order valence-corrected chi connectivity index (χ1v) is 10.8. The molecule has 0 aliphatic carbocycles. The molecule has 0 aromatic heterocycles. The first-order chi connectivity index (χ1) is 15.0. The third kappa shape index (κ3) is 5.23. The van der Waals surface area contributed by atoms with Gasteiger partial charge in [0.2, 0.25) is 0 Å². The predicted octanol–water partition coefficient (Wildman–Crippen LogP) is 3.80. The SMILES string of the molecule is O=C(O)C(F)(F)F.Oc1c(Br)cc(CCNc2cc3c4c(c2O)N=CC=4CCN=3)cc1Br. The van der Waals surface area contributed by atoms with Crippen LogP contribution in [0.4, 0.5) is 24.5 Å². The smallest absolute Gasteiger partial charge is 0.490 e. The molecular weight excluding hydrogens is 563 g/mol. The lowest BCUT2D eigenvalue weighted by atomic mass is 10.1. The van der Waals surface area contributed by atoms with Crippen LogP contribution in [-0.4, -0.2) is 46.8 Å². The van der Waals surface area contributed by atoms with Gasteiger partial charge in [-0.25, -0.2) is 4.79 Å². The number of alkyl halides is 3. The minimum absolute atomic E-state index is 0.176. The molecular formula is C20H16Br2F3N3O4. The summed E-state index contributed by atoms with van der Waals surface area (Å²) in [5.74, 6) is -2.39. The van der Waals surface area contributed by atoms with E-state index in [1.54, 1.807) is 0 Å². The molecule has 0 spiro atoms. The van der Waals surface area contributed by atoms with Crippen LogP contribution in [0, 0.1) is 0 Å². The second kappa shape index (κ2) is 9.49. The molecule has 2 heterocycles. The van der Waals surface area contributed by atoms with Gasteiger partial charge in [-0.05, 0) is 74.0 Å². The van der Waals surface area contributed by atoms with Gasteiger partial charge in [0.25, 0.3) is 0 Å². The van der Waals surface area contributed by atoms with Crippen molar-refractivity contribution in [3.8, 4) is 11.5 Å². The number of aromatic hydroxyl groups is 2. The molecule has 2 aromatic carbocycles. The van der Waals surface area contributed by atoms with E-state index in [1.807, 2.05) is 24.4 Å². The van der Waals surface area contributed by atoms with Crippen LogP contribution < -0.4 is 15.9 Å². The molecule has 12 heteroatoms. The third-order valence-electron chi connectivity index (χ3n) is 4.64. The molecule has 4 N–H and O–H groups in total. The van der Waals surface area contributed by atoms with Gasteiger partial charge in [0, 0.05) is 24.5 Å². The minimum Gasteiger partial charge on any atom is -0.506 e. The van der Waals surface area contributed by atoms with E-state index in [9.17, 15) is 23.4 Å². The highest BCUT2D eigenvalue weighted by atomic mass is 79.9. The Bertz CT molecular complexity index is 1210. The summed E-state index contributed by atoms with van der Waals surface area (Å²) in [4.78, 5) is 17.8. The Morgan fingerprint density at radius 1 is 1.12 bits per heavy atom. The van der Waals surface area contributed by atoms with Crippen LogP contribution in [0.5, 0.6) is 11.5 Å². The number of benzene rings is 2. The summed E-state index contributed by atoms with van der Waals surface area (Å²) in [6.07, 6.45) is -1.64. The zero-order valence-corrected chi connectivity index (χ0v) is 19.3. The van der Waals surface area contributed by atoms with Crippen LogP contribution in [0.3, 0.4) is 0 Å². The highest BCUT2D eigenvalue weighted by Crippen LogP contribution is 2.34. The Labute approximate surface area is 196 Å². The number of hydrogen-bond acceptors (Lipinski definition) is 6. The zero-order valence-electron chi connectivity index (χ0n) is 16.2. The van der Waals surface area contributed by atoms with Gasteiger partial charge < -0.3 is 20.6 Å². The average molecular weight is 579 g/mol. The van der Waals surface area contributed by atoms with Gasteiger partial charge in [0.15, 0.2) is 5.75 Å².